The molecule has 1 aliphatic carbocycles. The molecule has 0 spiro atoms. The van der Waals surface area contributed by atoms with Crippen molar-refractivity contribution in [1.82, 2.24) is 14.7 Å². The molecule has 2 aromatic carbocycles. The van der Waals surface area contributed by atoms with Gasteiger partial charge in [-0.05, 0) is 84.2 Å². The molecule has 7 nitrogen and oxygen atoms in total. The second-order valence-corrected chi connectivity index (χ2v) is 11.6. The van der Waals surface area contributed by atoms with E-state index in [1.807, 2.05) is 4.90 Å². The molecule has 2 aromatic rings. The number of carbonyl (C=O) groups excluding carboxylic acids is 2. The van der Waals surface area contributed by atoms with E-state index >= 15 is 0 Å². The Morgan fingerprint density at radius 1 is 1.03 bits per heavy atom. The zero-order valence-corrected chi connectivity index (χ0v) is 23.8. The number of hydrogen-bond donors (Lipinski definition) is 1. The van der Waals surface area contributed by atoms with E-state index in [0.29, 0.717) is 42.5 Å². The maximum Gasteiger partial charge on any atom is 0.410 e. The molecule has 0 radical (unpaired) electrons. The summed E-state index contributed by atoms with van der Waals surface area (Å²) in [5.74, 6) is 0.146. The van der Waals surface area contributed by atoms with Crippen molar-refractivity contribution in [3.05, 3.63) is 74.8 Å². The highest BCUT2D eigenvalue weighted by molar-refractivity contribution is 6.34. The van der Waals surface area contributed by atoms with Gasteiger partial charge in [0.1, 0.15) is 6.61 Å². The molecule has 5 rings (SSSR count). The summed E-state index contributed by atoms with van der Waals surface area (Å²) in [6, 6.07) is 11.7. The first-order chi connectivity index (χ1) is 18.8. The lowest BCUT2D eigenvalue weighted by Crippen LogP contribution is -2.45. The molecule has 0 bridgehead atoms. The molecule has 39 heavy (non-hydrogen) atoms. The SMILES string of the molecule is CN(C(=O)OCc1cc(Cl)cc(Cl)c1)C1CCc2ccc(C3=CCN(CC(=O)N4CCC(O)CC4)CC3)cc21. The number of hydrogen-bond acceptors (Lipinski definition) is 5. The van der Waals surface area contributed by atoms with E-state index in [-0.39, 0.29) is 30.8 Å². The molecule has 1 atom stereocenters. The van der Waals surface area contributed by atoms with Gasteiger partial charge in [-0.3, -0.25) is 9.69 Å². The number of benzene rings is 2. The van der Waals surface area contributed by atoms with E-state index in [9.17, 15) is 14.7 Å². The largest absolute Gasteiger partial charge is 0.445 e. The van der Waals surface area contributed by atoms with Crippen LogP contribution < -0.4 is 0 Å². The van der Waals surface area contributed by atoms with Crippen LogP contribution in [-0.4, -0.2) is 77.7 Å². The van der Waals surface area contributed by atoms with Gasteiger partial charge in [0.15, 0.2) is 0 Å². The van der Waals surface area contributed by atoms with Crippen LogP contribution >= 0.6 is 23.2 Å². The minimum atomic E-state index is -0.380. The Morgan fingerprint density at radius 3 is 2.46 bits per heavy atom. The van der Waals surface area contributed by atoms with Crippen LogP contribution in [-0.2, 0) is 22.6 Å². The summed E-state index contributed by atoms with van der Waals surface area (Å²) in [5.41, 5.74) is 5.63. The highest BCUT2D eigenvalue weighted by Crippen LogP contribution is 2.38. The van der Waals surface area contributed by atoms with Gasteiger partial charge in [-0.2, -0.15) is 0 Å². The summed E-state index contributed by atoms with van der Waals surface area (Å²) in [7, 11) is 1.79. The van der Waals surface area contributed by atoms with Crippen LogP contribution in [0.5, 0.6) is 0 Å². The fourth-order valence-electron chi connectivity index (χ4n) is 5.77. The first kappa shape index (κ1) is 28.0. The lowest BCUT2D eigenvalue weighted by molar-refractivity contribution is -0.134. The number of aliphatic hydroxyl groups is 1. The molecule has 2 heterocycles. The third-order valence-electron chi connectivity index (χ3n) is 8.07. The average molecular weight is 573 g/mol. The van der Waals surface area contributed by atoms with E-state index < -0.39 is 0 Å². The van der Waals surface area contributed by atoms with E-state index in [0.717, 1.165) is 37.9 Å². The van der Waals surface area contributed by atoms with Crippen LogP contribution in [0, 0.1) is 0 Å². The third-order valence-corrected chi connectivity index (χ3v) is 8.51. The van der Waals surface area contributed by atoms with Gasteiger partial charge in [-0.25, -0.2) is 4.79 Å². The van der Waals surface area contributed by atoms with Crippen molar-refractivity contribution in [3.63, 3.8) is 0 Å². The number of aryl methyl sites for hydroxylation is 1. The number of fused-ring (bicyclic) bond motifs is 1. The van der Waals surface area contributed by atoms with Crippen LogP contribution in [0.4, 0.5) is 4.79 Å². The summed E-state index contributed by atoms with van der Waals surface area (Å²) in [4.78, 5) is 31.3. The van der Waals surface area contributed by atoms with Gasteiger partial charge >= 0.3 is 6.09 Å². The first-order valence-corrected chi connectivity index (χ1v) is 14.4. The number of carbonyl (C=O) groups is 2. The smallest absolute Gasteiger partial charge is 0.410 e. The van der Waals surface area contributed by atoms with Crippen LogP contribution in [0.2, 0.25) is 10.0 Å². The quantitative estimate of drug-likeness (QED) is 0.507. The molecule has 0 saturated carbocycles. The van der Waals surface area contributed by atoms with Gasteiger partial charge in [-0.15, -0.1) is 0 Å². The Bertz CT molecular complexity index is 1240. The predicted octanol–water partition coefficient (Wildman–Crippen LogP) is 5.32. The number of amides is 2. The fourth-order valence-corrected chi connectivity index (χ4v) is 6.35. The number of piperidine rings is 1. The van der Waals surface area contributed by atoms with E-state index in [2.05, 4.69) is 29.2 Å². The highest BCUT2D eigenvalue weighted by atomic mass is 35.5. The molecule has 1 saturated heterocycles. The lowest BCUT2D eigenvalue weighted by atomic mass is 9.95. The first-order valence-electron chi connectivity index (χ1n) is 13.6. The Morgan fingerprint density at radius 2 is 1.77 bits per heavy atom. The zero-order valence-electron chi connectivity index (χ0n) is 22.2. The summed E-state index contributed by atoms with van der Waals surface area (Å²) in [6.07, 6.45) is 5.54. The number of rotatable bonds is 6. The van der Waals surface area contributed by atoms with E-state index in [1.165, 1.54) is 22.3 Å². The minimum absolute atomic E-state index is 0.0447. The summed E-state index contributed by atoms with van der Waals surface area (Å²) in [5, 5.41) is 10.7. The summed E-state index contributed by atoms with van der Waals surface area (Å²) < 4.78 is 5.58. The molecule has 2 amide bonds. The van der Waals surface area contributed by atoms with Crippen LogP contribution in [0.25, 0.3) is 5.57 Å². The van der Waals surface area contributed by atoms with Crippen LogP contribution in [0.3, 0.4) is 0 Å². The summed E-state index contributed by atoms with van der Waals surface area (Å²) >= 11 is 12.1. The highest BCUT2D eigenvalue weighted by Gasteiger charge is 2.30. The monoisotopic (exact) mass is 571 g/mol. The van der Waals surface area contributed by atoms with Crippen molar-refractivity contribution < 1.29 is 19.4 Å². The van der Waals surface area contributed by atoms with Crippen molar-refractivity contribution in [3.8, 4) is 0 Å². The average Bonchev–Trinajstić information content (AvgIpc) is 3.35. The lowest BCUT2D eigenvalue weighted by Gasteiger charge is -2.33. The number of ether oxygens (including phenoxy) is 1. The molecular weight excluding hydrogens is 537 g/mol. The van der Waals surface area contributed by atoms with E-state index in [4.69, 9.17) is 27.9 Å². The molecule has 1 N–H and O–H groups in total. The molecule has 208 valence electrons. The molecule has 3 aliphatic rings. The van der Waals surface area contributed by atoms with E-state index in [1.54, 1.807) is 30.1 Å². The standard InChI is InChI=1S/C30H35Cl2N3O4/c1-33(30(38)39-19-20-14-24(31)17-25(32)15-20)28-5-4-22-2-3-23(16-27(22)28)21-6-10-34(11-7-21)18-29(37)35-12-8-26(36)9-13-35/h2-3,6,14-17,26,28,36H,4-5,7-13,18-19H2,1H3. The van der Waals surface area contributed by atoms with Gasteiger partial charge in [-0.1, -0.05) is 41.4 Å². The maximum atomic E-state index is 12.9. The number of nitrogens with zero attached hydrogens (tertiary/aromatic N) is 3. The Kier molecular flexibility index (Phi) is 8.82. The van der Waals surface area contributed by atoms with Crippen molar-refractivity contribution in [2.75, 3.05) is 39.8 Å². The Balaban J connectivity index is 1.19. The number of likely N-dealkylation sites (tertiary alicyclic amines) is 1. The van der Waals surface area contributed by atoms with Gasteiger partial charge in [0.2, 0.25) is 5.91 Å². The van der Waals surface area contributed by atoms with Gasteiger partial charge in [0, 0.05) is 43.3 Å². The minimum Gasteiger partial charge on any atom is -0.445 e. The van der Waals surface area contributed by atoms with Crippen LogP contribution in [0.15, 0.2) is 42.5 Å². The van der Waals surface area contributed by atoms with Crippen molar-refractivity contribution in [2.45, 2.75) is 50.9 Å². The molecule has 2 aliphatic heterocycles. The molecule has 1 fully saturated rings. The molecular formula is C30H35Cl2N3O4. The molecule has 1 unspecified atom stereocenters. The van der Waals surface area contributed by atoms with Gasteiger partial charge in [0.25, 0.3) is 0 Å². The molecule has 9 heteroatoms. The maximum absolute atomic E-state index is 12.9. The number of aliphatic hydroxyl groups excluding tert-OH is 1. The predicted molar refractivity (Wildman–Crippen MR) is 153 cm³/mol. The molecule has 0 aromatic heterocycles. The van der Waals surface area contributed by atoms with Gasteiger partial charge in [0.05, 0.1) is 18.7 Å². The Hall–Kier alpha value is -2.58. The second-order valence-electron chi connectivity index (χ2n) is 10.7. The Labute approximate surface area is 239 Å². The second kappa shape index (κ2) is 12.3. The van der Waals surface area contributed by atoms with Crippen molar-refractivity contribution in [2.24, 2.45) is 0 Å². The summed E-state index contributed by atoms with van der Waals surface area (Å²) in [6.45, 7) is 3.37. The topological polar surface area (TPSA) is 73.3 Å². The van der Waals surface area contributed by atoms with Crippen molar-refractivity contribution in [1.29, 1.82) is 0 Å². The third kappa shape index (κ3) is 6.77. The van der Waals surface area contributed by atoms with Crippen molar-refractivity contribution >= 4 is 40.8 Å². The zero-order chi connectivity index (χ0) is 27.5. The van der Waals surface area contributed by atoms with Gasteiger partial charge < -0.3 is 19.6 Å². The fraction of sp³-hybridized carbons (Fsp3) is 0.467. The number of halogens is 2. The van der Waals surface area contributed by atoms with Crippen LogP contribution in [0.1, 0.15) is 54.0 Å². The normalized spacial score (nSPS) is 19.9.